The van der Waals surface area contributed by atoms with Crippen molar-refractivity contribution >= 4 is 16.7 Å². The van der Waals surface area contributed by atoms with Gasteiger partial charge in [0.2, 0.25) is 0 Å². The van der Waals surface area contributed by atoms with Crippen LogP contribution in [0.1, 0.15) is 16.7 Å². The number of rotatable bonds is 2. The number of phenolic OH excluding ortho intramolecular Hbond substituents is 1. The fourth-order valence-corrected chi connectivity index (χ4v) is 3.21. The zero-order valence-corrected chi connectivity index (χ0v) is 14.3. The lowest BCUT2D eigenvalue weighted by molar-refractivity contribution is 0.471. The van der Waals surface area contributed by atoms with Crippen molar-refractivity contribution in [3.63, 3.8) is 0 Å². The van der Waals surface area contributed by atoms with Crippen molar-refractivity contribution in [3.05, 3.63) is 53.5 Å². The second-order valence-corrected chi connectivity index (χ2v) is 6.20. The Balaban J connectivity index is 1.99. The monoisotopic (exact) mass is 344 g/mol. The first-order valence-electron chi connectivity index (χ1n) is 8.01. The number of nitriles is 1. The lowest BCUT2D eigenvalue weighted by atomic mass is 9.92. The zero-order chi connectivity index (χ0) is 18.4. The Labute approximate surface area is 149 Å². The van der Waals surface area contributed by atoms with Gasteiger partial charge in [0.25, 0.3) is 0 Å². The lowest BCUT2D eigenvalue weighted by Gasteiger charge is -2.13. The highest BCUT2D eigenvalue weighted by Gasteiger charge is 2.18. The third kappa shape index (κ3) is 2.28. The molecule has 3 heterocycles. The molecule has 0 unspecified atom stereocenters. The zero-order valence-electron chi connectivity index (χ0n) is 14.3. The third-order valence-corrected chi connectivity index (χ3v) is 4.52. The number of nitrogens with one attached hydrogen (secondary N) is 1. The van der Waals surface area contributed by atoms with Gasteiger partial charge in [-0.2, -0.15) is 10.4 Å². The Bertz CT molecular complexity index is 1190. The Hall–Kier alpha value is -3.79. The van der Waals surface area contributed by atoms with Crippen LogP contribution in [0.4, 0.5) is 5.69 Å². The molecule has 0 amide bonds. The molecule has 7 nitrogen and oxygen atoms in total. The largest absolute Gasteiger partial charge is 0.508 e. The molecule has 0 fully saturated rings. The van der Waals surface area contributed by atoms with Crippen LogP contribution in [0, 0.1) is 25.2 Å². The van der Waals surface area contributed by atoms with Crippen molar-refractivity contribution in [3.8, 4) is 28.8 Å². The third-order valence-electron chi connectivity index (χ3n) is 4.52. The molecule has 4 aromatic rings. The van der Waals surface area contributed by atoms with Crippen LogP contribution in [0.5, 0.6) is 5.75 Å². The van der Waals surface area contributed by atoms with Gasteiger partial charge in [-0.05, 0) is 42.7 Å². The predicted molar refractivity (Wildman–Crippen MR) is 98.9 cm³/mol. The minimum absolute atomic E-state index is 0.191. The van der Waals surface area contributed by atoms with Gasteiger partial charge in [0, 0.05) is 17.1 Å². The second-order valence-electron chi connectivity index (χ2n) is 6.20. The van der Waals surface area contributed by atoms with Crippen LogP contribution >= 0.6 is 0 Å². The van der Waals surface area contributed by atoms with Crippen molar-refractivity contribution in [2.24, 2.45) is 0 Å². The van der Waals surface area contributed by atoms with E-state index < -0.39 is 0 Å². The van der Waals surface area contributed by atoms with Gasteiger partial charge in [0.05, 0.1) is 23.6 Å². The van der Waals surface area contributed by atoms with E-state index in [1.807, 2.05) is 26.0 Å². The normalized spacial score (nSPS) is 11.0. The predicted octanol–water partition coefficient (Wildman–Crippen LogP) is 3.19. The lowest BCUT2D eigenvalue weighted by Crippen LogP contribution is -1.94. The van der Waals surface area contributed by atoms with E-state index in [0.717, 1.165) is 16.7 Å². The molecule has 1 aromatic carbocycles. The first-order valence-corrected chi connectivity index (χ1v) is 8.01. The number of phenols is 1. The van der Waals surface area contributed by atoms with E-state index in [9.17, 15) is 10.4 Å². The molecule has 7 heteroatoms. The fourth-order valence-electron chi connectivity index (χ4n) is 3.21. The number of nitrogens with two attached hydrogens (primary N) is 1. The van der Waals surface area contributed by atoms with Crippen molar-refractivity contribution in [1.82, 2.24) is 19.7 Å². The highest BCUT2D eigenvalue weighted by Crippen LogP contribution is 2.36. The van der Waals surface area contributed by atoms with Crippen molar-refractivity contribution in [2.75, 3.05) is 5.73 Å². The quantitative estimate of drug-likeness (QED) is 0.516. The summed E-state index contributed by atoms with van der Waals surface area (Å²) in [5.74, 6) is 0.860. The van der Waals surface area contributed by atoms with Crippen molar-refractivity contribution in [2.45, 2.75) is 13.8 Å². The van der Waals surface area contributed by atoms with E-state index in [0.29, 0.717) is 33.7 Å². The van der Waals surface area contributed by atoms with E-state index in [4.69, 9.17) is 5.73 Å². The van der Waals surface area contributed by atoms with Gasteiger partial charge in [0.15, 0.2) is 0 Å². The molecular weight excluding hydrogens is 328 g/mol. The van der Waals surface area contributed by atoms with Crippen LogP contribution in [-0.4, -0.2) is 24.9 Å². The number of aromatic nitrogens is 4. The second kappa shape index (κ2) is 5.63. The fraction of sp³-hybridized carbons (Fsp3) is 0.105. The number of H-pyrrole nitrogens is 1. The number of nitrogens with zero attached hydrogens (tertiary/aromatic N) is 4. The molecule has 0 aliphatic rings. The molecule has 0 aliphatic heterocycles. The molecule has 0 aliphatic carbocycles. The molecule has 0 bridgehead atoms. The van der Waals surface area contributed by atoms with Crippen molar-refractivity contribution in [1.29, 1.82) is 5.26 Å². The first-order chi connectivity index (χ1) is 12.5. The topological polar surface area (TPSA) is 117 Å². The van der Waals surface area contributed by atoms with E-state index in [-0.39, 0.29) is 5.75 Å². The summed E-state index contributed by atoms with van der Waals surface area (Å²) in [6.45, 7) is 3.78. The number of aryl methyl sites for hydroxylation is 1. The summed E-state index contributed by atoms with van der Waals surface area (Å²) in [4.78, 5) is 7.62. The summed E-state index contributed by atoms with van der Waals surface area (Å²) in [5, 5.41) is 24.8. The molecule has 0 atom stereocenters. The maximum atomic E-state index is 10.1. The smallest absolute Gasteiger partial charge is 0.140 e. The maximum absolute atomic E-state index is 10.1. The summed E-state index contributed by atoms with van der Waals surface area (Å²) < 4.78 is 1.60. The average molecular weight is 344 g/mol. The number of nitrogen functional groups attached to an aromatic ring is 1. The van der Waals surface area contributed by atoms with Crippen LogP contribution in [0.2, 0.25) is 0 Å². The number of pyridine rings is 1. The van der Waals surface area contributed by atoms with Crippen LogP contribution in [-0.2, 0) is 0 Å². The Morgan fingerprint density at radius 2 is 2.08 bits per heavy atom. The van der Waals surface area contributed by atoms with E-state index in [2.05, 4.69) is 21.1 Å². The van der Waals surface area contributed by atoms with E-state index >= 15 is 0 Å². The van der Waals surface area contributed by atoms with E-state index in [1.54, 1.807) is 29.3 Å². The SMILES string of the molecule is Cc1ccc(O)c(C)c1-c1cnc2[nH]c(-n3cc(N)cn3)cc2c1C#N. The maximum Gasteiger partial charge on any atom is 0.140 e. The van der Waals surface area contributed by atoms with Crippen LogP contribution in [0.3, 0.4) is 0 Å². The molecule has 0 spiro atoms. The van der Waals surface area contributed by atoms with Crippen LogP contribution < -0.4 is 5.73 Å². The summed E-state index contributed by atoms with van der Waals surface area (Å²) in [6.07, 6.45) is 4.89. The molecule has 0 saturated carbocycles. The minimum Gasteiger partial charge on any atom is -0.508 e. The van der Waals surface area contributed by atoms with Crippen LogP contribution in [0.25, 0.3) is 28.0 Å². The van der Waals surface area contributed by atoms with Gasteiger partial charge >= 0.3 is 0 Å². The van der Waals surface area contributed by atoms with Gasteiger partial charge in [0.1, 0.15) is 23.3 Å². The standard InChI is InChI=1S/C19H16N6O/c1-10-3-4-16(26)11(2)18(10)15-8-22-19-13(14(15)6-20)5-17(24-19)25-9-12(21)7-23-25/h3-5,7-9,26H,21H2,1-2H3,(H,22,24). The summed E-state index contributed by atoms with van der Waals surface area (Å²) in [6, 6.07) is 7.60. The van der Waals surface area contributed by atoms with Gasteiger partial charge < -0.3 is 15.8 Å². The molecule has 4 rings (SSSR count). The number of fused-ring (bicyclic) bond motifs is 1. The van der Waals surface area contributed by atoms with E-state index in [1.165, 1.54) is 0 Å². The highest BCUT2D eigenvalue weighted by molar-refractivity contribution is 5.92. The van der Waals surface area contributed by atoms with Crippen LogP contribution in [0.15, 0.2) is 36.8 Å². The van der Waals surface area contributed by atoms with Gasteiger partial charge in [-0.25, -0.2) is 9.67 Å². The van der Waals surface area contributed by atoms with Crippen molar-refractivity contribution < 1.29 is 5.11 Å². The molecule has 3 aromatic heterocycles. The molecule has 0 radical (unpaired) electrons. The van der Waals surface area contributed by atoms with Gasteiger partial charge in [-0.3, -0.25) is 0 Å². The highest BCUT2D eigenvalue weighted by atomic mass is 16.3. The average Bonchev–Trinajstić information content (AvgIpc) is 3.24. The van der Waals surface area contributed by atoms with Gasteiger partial charge in [-0.15, -0.1) is 0 Å². The number of anilines is 1. The number of hydrogen-bond donors (Lipinski definition) is 3. The Morgan fingerprint density at radius 3 is 2.77 bits per heavy atom. The number of benzene rings is 1. The number of aromatic hydroxyl groups is 1. The first kappa shape index (κ1) is 15.7. The number of aromatic amines is 1. The Morgan fingerprint density at radius 1 is 1.27 bits per heavy atom. The molecule has 0 saturated heterocycles. The van der Waals surface area contributed by atoms with Gasteiger partial charge in [-0.1, -0.05) is 6.07 Å². The number of hydrogen-bond acceptors (Lipinski definition) is 5. The Kier molecular flexibility index (Phi) is 3.41. The summed E-state index contributed by atoms with van der Waals surface area (Å²) in [5.41, 5.74) is 10.6. The molecule has 26 heavy (non-hydrogen) atoms. The summed E-state index contributed by atoms with van der Waals surface area (Å²) in [7, 11) is 0. The minimum atomic E-state index is 0.191. The molecule has 128 valence electrons. The summed E-state index contributed by atoms with van der Waals surface area (Å²) >= 11 is 0. The molecule has 4 N–H and O–H groups in total. The molecular formula is C19H16N6O.